The second-order valence-electron chi connectivity index (χ2n) is 4.46. The Morgan fingerprint density at radius 3 is 2.30 bits per heavy atom. The number of aliphatic hydroxyl groups is 1. The highest BCUT2D eigenvalue weighted by Crippen LogP contribution is 2.29. The summed E-state index contributed by atoms with van der Waals surface area (Å²) in [5.41, 5.74) is 1.80. The molecule has 0 heterocycles. The Morgan fingerprint density at radius 1 is 1.05 bits per heavy atom. The van der Waals surface area contributed by atoms with Crippen LogP contribution in [0, 0.1) is 0 Å². The van der Waals surface area contributed by atoms with Crippen molar-refractivity contribution in [2.45, 2.75) is 12.5 Å². The van der Waals surface area contributed by atoms with E-state index in [-0.39, 0.29) is 0 Å². The van der Waals surface area contributed by atoms with E-state index in [9.17, 15) is 5.11 Å². The van der Waals surface area contributed by atoms with E-state index in [4.69, 9.17) is 21.1 Å². The molecule has 0 radical (unpaired) electrons. The number of hydrogen-bond acceptors (Lipinski definition) is 3. The molecule has 1 N–H and O–H groups in total. The van der Waals surface area contributed by atoms with Crippen molar-refractivity contribution < 1.29 is 14.6 Å². The summed E-state index contributed by atoms with van der Waals surface area (Å²) in [4.78, 5) is 0. The van der Waals surface area contributed by atoms with E-state index in [1.54, 1.807) is 26.4 Å². The van der Waals surface area contributed by atoms with Gasteiger partial charge < -0.3 is 14.6 Å². The average molecular weight is 293 g/mol. The predicted molar refractivity (Wildman–Crippen MR) is 79.7 cm³/mol. The van der Waals surface area contributed by atoms with Gasteiger partial charge in [-0.05, 0) is 35.4 Å². The molecule has 0 aromatic heterocycles. The smallest absolute Gasteiger partial charge is 0.137 e. The standard InChI is InChI=1S/C16H17ClO3/c1-19-13-6-3-11(4-7-13)9-15(18)12-5-8-16(20-2)14(17)10-12/h3-8,10,15,18H,9H2,1-2H3. The Kier molecular flexibility index (Phi) is 4.88. The predicted octanol–water partition coefficient (Wildman–Crippen LogP) is 3.63. The number of aliphatic hydroxyl groups excluding tert-OH is 1. The van der Waals surface area contributed by atoms with Gasteiger partial charge in [-0.25, -0.2) is 0 Å². The molecule has 2 aromatic carbocycles. The third-order valence-corrected chi connectivity index (χ3v) is 3.44. The highest BCUT2D eigenvalue weighted by molar-refractivity contribution is 6.32. The van der Waals surface area contributed by atoms with Gasteiger partial charge in [0.25, 0.3) is 0 Å². The van der Waals surface area contributed by atoms with Crippen LogP contribution >= 0.6 is 11.6 Å². The average Bonchev–Trinajstić information content (AvgIpc) is 2.48. The monoisotopic (exact) mass is 292 g/mol. The molecule has 0 bridgehead atoms. The molecule has 2 aromatic rings. The lowest BCUT2D eigenvalue weighted by molar-refractivity contribution is 0.178. The highest BCUT2D eigenvalue weighted by Gasteiger charge is 2.11. The van der Waals surface area contributed by atoms with Crippen LogP contribution in [0.3, 0.4) is 0 Å². The van der Waals surface area contributed by atoms with Gasteiger partial charge in [0.2, 0.25) is 0 Å². The fourth-order valence-corrected chi connectivity index (χ4v) is 2.26. The first-order valence-electron chi connectivity index (χ1n) is 6.28. The van der Waals surface area contributed by atoms with Crippen LogP contribution in [0.2, 0.25) is 5.02 Å². The van der Waals surface area contributed by atoms with Crippen molar-refractivity contribution in [2.75, 3.05) is 14.2 Å². The molecule has 0 saturated carbocycles. The lowest BCUT2D eigenvalue weighted by atomic mass is 10.0. The number of halogens is 1. The number of ether oxygens (including phenoxy) is 2. The molecule has 1 unspecified atom stereocenters. The van der Waals surface area contributed by atoms with Crippen LogP contribution in [0.5, 0.6) is 11.5 Å². The Labute approximate surface area is 123 Å². The molecule has 0 aliphatic carbocycles. The van der Waals surface area contributed by atoms with E-state index in [2.05, 4.69) is 0 Å². The van der Waals surface area contributed by atoms with E-state index in [1.165, 1.54) is 0 Å². The second kappa shape index (κ2) is 6.64. The Morgan fingerprint density at radius 2 is 1.75 bits per heavy atom. The van der Waals surface area contributed by atoms with Gasteiger partial charge in [-0.15, -0.1) is 0 Å². The lowest BCUT2D eigenvalue weighted by Gasteiger charge is -2.13. The fraction of sp³-hybridized carbons (Fsp3) is 0.250. The van der Waals surface area contributed by atoms with Gasteiger partial charge >= 0.3 is 0 Å². The quantitative estimate of drug-likeness (QED) is 0.914. The molecule has 0 amide bonds. The van der Waals surface area contributed by atoms with Gasteiger partial charge in [-0.1, -0.05) is 29.8 Å². The van der Waals surface area contributed by atoms with Crippen LogP contribution in [0.25, 0.3) is 0 Å². The summed E-state index contributed by atoms with van der Waals surface area (Å²) in [6, 6.07) is 12.9. The minimum Gasteiger partial charge on any atom is -0.497 e. The molecular weight excluding hydrogens is 276 g/mol. The van der Waals surface area contributed by atoms with Gasteiger partial charge in [0.1, 0.15) is 11.5 Å². The minimum atomic E-state index is -0.605. The second-order valence-corrected chi connectivity index (χ2v) is 4.87. The Balaban J connectivity index is 2.10. The van der Waals surface area contributed by atoms with Crippen LogP contribution in [0.1, 0.15) is 17.2 Å². The lowest BCUT2D eigenvalue weighted by Crippen LogP contribution is -2.02. The first-order valence-corrected chi connectivity index (χ1v) is 6.66. The van der Waals surface area contributed by atoms with E-state index < -0.39 is 6.10 Å². The van der Waals surface area contributed by atoms with Crippen molar-refractivity contribution in [1.82, 2.24) is 0 Å². The minimum absolute atomic E-state index is 0.499. The largest absolute Gasteiger partial charge is 0.497 e. The molecule has 0 fully saturated rings. The van der Waals surface area contributed by atoms with E-state index in [0.29, 0.717) is 17.2 Å². The molecule has 4 heteroatoms. The third kappa shape index (κ3) is 3.44. The normalized spacial score (nSPS) is 12.0. The van der Waals surface area contributed by atoms with Gasteiger partial charge in [0.05, 0.1) is 25.3 Å². The summed E-state index contributed by atoms with van der Waals surface area (Å²) in [5.74, 6) is 1.41. The molecule has 20 heavy (non-hydrogen) atoms. The number of hydrogen-bond donors (Lipinski definition) is 1. The zero-order valence-electron chi connectivity index (χ0n) is 11.5. The fourth-order valence-electron chi connectivity index (χ4n) is 1.99. The zero-order chi connectivity index (χ0) is 14.5. The van der Waals surface area contributed by atoms with Crippen molar-refractivity contribution in [2.24, 2.45) is 0 Å². The van der Waals surface area contributed by atoms with Crippen LogP contribution < -0.4 is 9.47 Å². The summed E-state index contributed by atoms with van der Waals surface area (Å²) in [7, 11) is 3.19. The molecule has 0 aliphatic heterocycles. The summed E-state index contributed by atoms with van der Waals surface area (Å²) < 4.78 is 10.2. The van der Waals surface area contributed by atoms with Gasteiger partial charge in [-0.2, -0.15) is 0 Å². The number of benzene rings is 2. The summed E-state index contributed by atoms with van der Waals surface area (Å²) in [6.45, 7) is 0. The van der Waals surface area contributed by atoms with E-state index in [0.717, 1.165) is 16.9 Å². The first-order chi connectivity index (χ1) is 9.63. The van der Waals surface area contributed by atoms with Crippen LogP contribution in [-0.2, 0) is 6.42 Å². The molecule has 2 rings (SSSR count). The summed E-state index contributed by atoms with van der Waals surface area (Å²) >= 11 is 6.06. The SMILES string of the molecule is COc1ccc(CC(O)c2ccc(OC)c(Cl)c2)cc1. The first kappa shape index (κ1) is 14.7. The van der Waals surface area contributed by atoms with E-state index in [1.807, 2.05) is 30.3 Å². The molecule has 3 nitrogen and oxygen atoms in total. The van der Waals surface area contributed by atoms with Gasteiger partial charge in [-0.3, -0.25) is 0 Å². The zero-order valence-corrected chi connectivity index (χ0v) is 12.2. The van der Waals surface area contributed by atoms with Gasteiger partial charge in [0, 0.05) is 6.42 Å². The van der Waals surface area contributed by atoms with E-state index >= 15 is 0 Å². The van der Waals surface area contributed by atoms with Crippen molar-refractivity contribution in [1.29, 1.82) is 0 Å². The number of rotatable bonds is 5. The maximum absolute atomic E-state index is 10.3. The van der Waals surface area contributed by atoms with Crippen LogP contribution in [0.4, 0.5) is 0 Å². The molecule has 0 saturated heterocycles. The Hall–Kier alpha value is -1.71. The molecule has 0 aliphatic rings. The van der Waals surface area contributed by atoms with Crippen LogP contribution in [0.15, 0.2) is 42.5 Å². The highest BCUT2D eigenvalue weighted by atomic mass is 35.5. The molecule has 1 atom stereocenters. The topological polar surface area (TPSA) is 38.7 Å². The van der Waals surface area contributed by atoms with Crippen molar-refractivity contribution in [3.63, 3.8) is 0 Å². The summed E-state index contributed by atoms with van der Waals surface area (Å²) in [5, 5.41) is 10.8. The van der Waals surface area contributed by atoms with Crippen molar-refractivity contribution >= 4 is 11.6 Å². The maximum Gasteiger partial charge on any atom is 0.137 e. The third-order valence-electron chi connectivity index (χ3n) is 3.15. The van der Waals surface area contributed by atoms with Crippen molar-refractivity contribution in [3.05, 3.63) is 58.6 Å². The van der Waals surface area contributed by atoms with Crippen molar-refractivity contribution in [3.8, 4) is 11.5 Å². The number of methoxy groups -OCH3 is 2. The van der Waals surface area contributed by atoms with Gasteiger partial charge in [0.15, 0.2) is 0 Å². The van der Waals surface area contributed by atoms with Crippen LogP contribution in [-0.4, -0.2) is 19.3 Å². The Bertz CT molecular complexity index is 566. The molecular formula is C16H17ClO3. The molecule has 0 spiro atoms. The molecule has 106 valence electrons. The summed E-state index contributed by atoms with van der Waals surface area (Å²) in [6.07, 6.45) is -0.0843. The maximum atomic E-state index is 10.3.